The van der Waals surface area contributed by atoms with Crippen molar-refractivity contribution in [3.63, 3.8) is 0 Å². The SMILES string of the molecule is C1CCNCC1.C1CCNCC1.C=C1CCCN1.C=S1(=O)CCCC1.C=S1(=O)CCCN1.O=C1CCCNCC1.O=C1CCCO1.O=C1CNCCN1.O=C1NCCN1. The van der Waals surface area contributed by atoms with Crippen molar-refractivity contribution < 1.29 is 32.3 Å². The van der Waals surface area contributed by atoms with Gasteiger partial charge in [-0.15, -0.1) is 0 Å². The van der Waals surface area contributed by atoms with Crippen molar-refractivity contribution in [1.82, 2.24) is 47.3 Å². The van der Waals surface area contributed by atoms with Crippen LogP contribution in [0.4, 0.5) is 4.79 Å². The van der Waals surface area contributed by atoms with Gasteiger partial charge in [-0.2, -0.15) is 0 Å². The van der Waals surface area contributed by atoms with Crippen LogP contribution in [-0.4, -0.2) is 153 Å². The van der Waals surface area contributed by atoms with E-state index in [4.69, 9.17) is 0 Å². The Hall–Kier alpha value is -2.74. The maximum Gasteiger partial charge on any atom is 0.314 e. The monoisotopic (exact) mass is 876 g/mol. The van der Waals surface area contributed by atoms with Crippen molar-refractivity contribution in [3.8, 4) is 0 Å². The van der Waals surface area contributed by atoms with Gasteiger partial charge in [0.25, 0.3) is 0 Å². The largest absolute Gasteiger partial charge is 0.466 e. The second-order valence-corrected chi connectivity index (χ2v) is 20.3. The Bertz CT molecular complexity index is 1190. The zero-order valence-electron chi connectivity index (χ0n) is 36.1. The van der Waals surface area contributed by atoms with E-state index in [2.05, 4.69) is 70.3 Å². The maximum absolute atomic E-state index is 10.9. The predicted molar refractivity (Wildman–Crippen MR) is 246 cm³/mol. The summed E-state index contributed by atoms with van der Waals surface area (Å²) in [5.74, 6) is 10.0. The van der Waals surface area contributed by atoms with Crippen LogP contribution in [0.2, 0.25) is 0 Å². The van der Waals surface area contributed by atoms with Crippen LogP contribution in [0.5, 0.6) is 0 Å². The first-order chi connectivity index (χ1) is 28.4. The third kappa shape index (κ3) is 36.8. The summed E-state index contributed by atoms with van der Waals surface area (Å²) in [6.45, 7) is 17.0. The molecule has 0 aliphatic carbocycles. The molecule has 3 amide bonds. The van der Waals surface area contributed by atoms with Crippen molar-refractivity contribution in [2.75, 3.05) is 109 Å². The van der Waals surface area contributed by atoms with Gasteiger partial charge in [0.15, 0.2) is 0 Å². The molecule has 9 heterocycles. The summed E-state index contributed by atoms with van der Waals surface area (Å²) in [5.41, 5.74) is 1.20. The molecule has 1 atom stereocenters. The van der Waals surface area contributed by atoms with Crippen LogP contribution in [0.25, 0.3) is 0 Å². The van der Waals surface area contributed by atoms with Crippen LogP contribution in [0.1, 0.15) is 103 Å². The van der Waals surface area contributed by atoms with Crippen molar-refractivity contribution in [2.24, 2.45) is 0 Å². The molecule has 0 saturated carbocycles. The quantitative estimate of drug-likeness (QED) is 0.124. The molecule has 9 rings (SSSR count). The summed E-state index contributed by atoms with van der Waals surface area (Å²) >= 11 is 0. The number of esters is 1. The number of rotatable bonds is 0. The average molecular weight is 876 g/mol. The van der Waals surface area contributed by atoms with Crippen LogP contribution < -0.4 is 47.3 Å². The molecule has 0 aromatic carbocycles. The molecule has 18 heteroatoms. The Labute approximate surface area is 357 Å². The number of nitrogens with one attached hydrogen (secondary N) is 9. The Kier molecular flexibility index (Phi) is 33.1. The summed E-state index contributed by atoms with van der Waals surface area (Å²) in [6.07, 6.45) is 18.2. The lowest BCUT2D eigenvalue weighted by molar-refractivity contribution is -0.138. The minimum Gasteiger partial charge on any atom is -0.466 e. The average Bonchev–Trinajstić information content (AvgIpc) is 4.12. The van der Waals surface area contributed by atoms with Gasteiger partial charge in [-0.05, 0) is 125 Å². The number of hydrogen-bond donors (Lipinski definition) is 9. The zero-order chi connectivity index (χ0) is 43.3. The van der Waals surface area contributed by atoms with E-state index in [-0.39, 0.29) is 17.9 Å². The van der Waals surface area contributed by atoms with Crippen LogP contribution >= 0.6 is 0 Å². The normalized spacial score (nSPS) is 25.1. The lowest BCUT2D eigenvalue weighted by atomic mass is 10.2. The Balaban J connectivity index is 0.000000332. The summed E-state index contributed by atoms with van der Waals surface area (Å²) in [5, 5.41) is 23.6. The first-order valence-electron chi connectivity index (χ1n) is 22.0. The third-order valence-electron chi connectivity index (χ3n) is 9.53. The number of carbonyl (C=O) groups excluding carboxylic acids is 4. The van der Waals surface area contributed by atoms with Gasteiger partial charge in [-0.1, -0.05) is 19.4 Å². The Morgan fingerprint density at radius 1 is 0.475 bits per heavy atom. The standard InChI is InChI=1S/C6H11NO.C5H9N.2C5H11N.C5H10OS.C4H8N2O.C4H9NOS.C4H6O2.C3H6N2O/c8-6-2-1-4-7-5-3-6;1-5-3-2-4-6-5;2*1-2-4-6-5-3-1;1-7(6)4-2-3-5-7;7-4-3-5-1-2-6-4;1-7(6)4-2-3-5-7;5-4-2-1-3-6-4;6-3-4-1-2-5-3/h7H,1-5H2;6H,1-4H2;2*6H,1-5H2;1-5H2;5H,1-3H2,(H,6,7);1-4H2,(H,5,6);1-3H2;1-2H2,(H2,4,5,6). The smallest absolute Gasteiger partial charge is 0.314 e. The minimum atomic E-state index is -1.80. The highest BCUT2D eigenvalue weighted by Gasteiger charge is 2.11. The van der Waals surface area contributed by atoms with Crippen LogP contribution in [0.3, 0.4) is 0 Å². The summed E-state index contributed by atoms with van der Waals surface area (Å²) in [4.78, 5) is 41.0. The molecule has 1 unspecified atom stereocenters. The molecule has 0 bridgehead atoms. The molecule has 9 aliphatic heterocycles. The second kappa shape index (κ2) is 36.0. The number of Topliss-reactive ketones (excluding diaryl/α,β-unsaturated/α-hetero) is 1. The lowest BCUT2D eigenvalue weighted by Gasteiger charge is -2.11. The van der Waals surface area contributed by atoms with Crippen molar-refractivity contribution in [2.45, 2.75) is 103 Å². The highest BCUT2D eigenvalue weighted by molar-refractivity contribution is 8.00. The predicted octanol–water partition coefficient (Wildman–Crippen LogP) is 1.17. The zero-order valence-corrected chi connectivity index (χ0v) is 37.8. The number of hydrogen-bond acceptors (Lipinski definition) is 12. The van der Waals surface area contributed by atoms with Gasteiger partial charge < -0.3 is 47.3 Å². The van der Waals surface area contributed by atoms with E-state index in [0.29, 0.717) is 25.4 Å². The Morgan fingerprint density at radius 3 is 1.31 bits per heavy atom. The van der Waals surface area contributed by atoms with E-state index in [1.54, 1.807) is 0 Å². The Morgan fingerprint density at radius 2 is 1.05 bits per heavy atom. The number of amides is 3. The van der Waals surface area contributed by atoms with Gasteiger partial charge >= 0.3 is 12.0 Å². The number of cyclic esters (lactones) is 1. The molecule has 344 valence electrons. The van der Waals surface area contributed by atoms with Gasteiger partial charge in [-0.3, -0.25) is 22.8 Å². The first-order valence-corrected chi connectivity index (χ1v) is 26.0. The number of ether oxygens (including phenoxy) is 1. The number of allylic oxidation sites excluding steroid dienone is 1. The van der Waals surface area contributed by atoms with Crippen molar-refractivity contribution >= 4 is 54.7 Å². The van der Waals surface area contributed by atoms with Gasteiger partial charge in [0.1, 0.15) is 5.78 Å². The van der Waals surface area contributed by atoms with E-state index in [0.717, 1.165) is 115 Å². The van der Waals surface area contributed by atoms with Gasteiger partial charge in [0.2, 0.25) is 5.91 Å². The van der Waals surface area contributed by atoms with Gasteiger partial charge in [0.05, 0.1) is 13.2 Å². The number of piperazine rings is 1. The molecule has 59 heavy (non-hydrogen) atoms. The molecular formula is C41H81N9O7S2. The molecular weight excluding hydrogens is 795 g/mol. The highest BCUT2D eigenvalue weighted by Crippen LogP contribution is 2.08. The van der Waals surface area contributed by atoms with Crippen LogP contribution in [-0.2, 0) is 38.4 Å². The number of ketones is 1. The molecule has 0 spiro atoms. The van der Waals surface area contributed by atoms with Gasteiger partial charge in [0, 0.05) is 97.7 Å². The number of piperidine rings is 2. The van der Waals surface area contributed by atoms with E-state index in [9.17, 15) is 27.6 Å². The van der Waals surface area contributed by atoms with Gasteiger partial charge in [-0.25, -0.2) is 9.52 Å². The van der Waals surface area contributed by atoms with E-state index in [1.807, 2.05) is 0 Å². The lowest BCUT2D eigenvalue weighted by Crippen LogP contribution is -2.44. The highest BCUT2D eigenvalue weighted by atomic mass is 32.2. The fourth-order valence-corrected chi connectivity index (χ4v) is 9.00. The number of urea groups is 1. The third-order valence-corrected chi connectivity index (χ3v) is 13.3. The van der Waals surface area contributed by atoms with E-state index >= 15 is 0 Å². The van der Waals surface area contributed by atoms with Crippen LogP contribution in [0.15, 0.2) is 12.3 Å². The molecule has 9 fully saturated rings. The van der Waals surface area contributed by atoms with Crippen molar-refractivity contribution in [3.05, 3.63) is 12.3 Å². The molecule has 9 saturated heterocycles. The van der Waals surface area contributed by atoms with Crippen LogP contribution in [0, 0.1) is 0 Å². The fraction of sp³-hybridized carbons (Fsp3) is 0.805. The number of carbonyl (C=O) groups is 4. The topological polar surface area (TPSA) is 220 Å². The fourth-order valence-electron chi connectivity index (χ4n) is 6.06. The van der Waals surface area contributed by atoms with E-state index < -0.39 is 19.2 Å². The first kappa shape index (κ1) is 54.3. The molecule has 0 aromatic rings. The summed E-state index contributed by atoms with van der Waals surface area (Å²) in [7, 11) is -3.34. The molecule has 9 aliphatic rings. The van der Waals surface area contributed by atoms with Crippen molar-refractivity contribution in [1.29, 1.82) is 0 Å². The molecule has 0 radical (unpaired) electrons. The summed E-state index contributed by atoms with van der Waals surface area (Å²) < 4.78 is 29.0. The molecule has 16 nitrogen and oxygen atoms in total. The molecule has 9 N–H and O–H groups in total. The molecule has 0 aromatic heterocycles. The maximum atomic E-state index is 10.9. The van der Waals surface area contributed by atoms with E-state index in [1.165, 1.54) is 83.2 Å². The summed E-state index contributed by atoms with van der Waals surface area (Å²) in [6, 6.07) is -0.0463. The minimum absolute atomic E-state index is 0.0463. The second-order valence-electron chi connectivity index (χ2n) is 15.3.